The van der Waals surface area contributed by atoms with Crippen LogP contribution >= 0.6 is 0 Å². The van der Waals surface area contributed by atoms with Gasteiger partial charge in [0.2, 0.25) is 0 Å². The molecule has 0 aliphatic carbocycles. The lowest BCUT2D eigenvalue weighted by molar-refractivity contribution is 0.415. The monoisotopic (exact) mass is 421 g/mol. The first kappa shape index (κ1) is 26.2. The molecule has 0 aromatic heterocycles. The molecule has 4 nitrogen and oxygen atoms in total. The molecule has 3 rings (SSSR count). The zero-order chi connectivity index (χ0) is 23.1. The van der Waals surface area contributed by atoms with Gasteiger partial charge in [0.05, 0.1) is 7.11 Å². The van der Waals surface area contributed by atoms with Crippen molar-refractivity contribution in [1.82, 2.24) is 5.32 Å². The molecule has 1 N–H and O–H groups in total. The first-order valence-corrected chi connectivity index (χ1v) is 11.4. The predicted octanol–water partition coefficient (Wildman–Crippen LogP) is 6.84. The fraction of sp³-hybridized carbons (Fsp3) is 0.407. The van der Waals surface area contributed by atoms with Crippen molar-refractivity contribution in [2.75, 3.05) is 7.11 Å². The summed E-state index contributed by atoms with van der Waals surface area (Å²) in [6, 6.07) is 16.9. The minimum absolute atomic E-state index is 0.255. The first-order valence-electron chi connectivity index (χ1n) is 11.4. The van der Waals surface area contributed by atoms with E-state index in [1.807, 2.05) is 52.0 Å². The Kier molecular flexibility index (Phi) is 12.7. The molecule has 1 aliphatic rings. The Balaban J connectivity index is 0.00000113. The summed E-state index contributed by atoms with van der Waals surface area (Å²) in [6.07, 6.45) is 6.69. The molecule has 0 fully saturated rings. The predicted molar refractivity (Wildman–Crippen MR) is 136 cm³/mol. The van der Waals surface area contributed by atoms with E-state index in [4.69, 9.17) is 4.74 Å². The van der Waals surface area contributed by atoms with Crippen LogP contribution in [0.2, 0.25) is 0 Å². The van der Waals surface area contributed by atoms with E-state index in [9.17, 15) is 0 Å². The van der Waals surface area contributed by atoms with Gasteiger partial charge in [0.1, 0.15) is 17.9 Å². The zero-order valence-electron chi connectivity index (χ0n) is 20.3. The van der Waals surface area contributed by atoms with Crippen LogP contribution in [-0.4, -0.2) is 25.3 Å². The number of nitrogens with one attached hydrogen (secondary N) is 1. The highest BCUT2D eigenvalue weighted by Gasteiger charge is 2.11. The van der Waals surface area contributed by atoms with E-state index >= 15 is 0 Å². The average molecular weight is 422 g/mol. The number of hydrogen-bond donors (Lipinski definition) is 1. The van der Waals surface area contributed by atoms with Gasteiger partial charge in [0.25, 0.3) is 0 Å². The van der Waals surface area contributed by atoms with Crippen LogP contribution in [0.1, 0.15) is 64.2 Å². The summed E-state index contributed by atoms with van der Waals surface area (Å²) >= 11 is 0. The van der Waals surface area contributed by atoms with Crippen molar-refractivity contribution >= 4 is 17.9 Å². The molecular weight excluding hydrogens is 382 g/mol. The summed E-state index contributed by atoms with van der Waals surface area (Å²) in [5.41, 5.74) is 4.89. The second-order valence-corrected chi connectivity index (χ2v) is 6.89. The van der Waals surface area contributed by atoms with Crippen LogP contribution < -0.4 is 10.1 Å². The Morgan fingerprint density at radius 3 is 2.42 bits per heavy atom. The van der Waals surface area contributed by atoms with Crippen molar-refractivity contribution in [1.29, 1.82) is 0 Å². The summed E-state index contributed by atoms with van der Waals surface area (Å²) in [5, 5.41) is 3.36. The van der Waals surface area contributed by atoms with Crippen LogP contribution in [0.15, 0.2) is 64.6 Å². The van der Waals surface area contributed by atoms with Crippen molar-refractivity contribution in [3.8, 4) is 5.75 Å². The van der Waals surface area contributed by atoms with Crippen molar-refractivity contribution in [3.63, 3.8) is 0 Å². The lowest BCUT2D eigenvalue weighted by Crippen LogP contribution is -2.15. The van der Waals surface area contributed by atoms with Gasteiger partial charge in [-0.05, 0) is 62.1 Å². The van der Waals surface area contributed by atoms with Gasteiger partial charge in [0.15, 0.2) is 0 Å². The molecule has 1 heterocycles. The second kappa shape index (κ2) is 15.0. The quantitative estimate of drug-likeness (QED) is 0.393. The number of amidine groups is 1. The standard InChI is InChI=1S/C23H27N3O.2C2H6/c1-17-5-4-6-19(15-17)8-7-18(2)24-16-25-23-14-13-22(26-23)20-9-11-21(27-3)12-10-20;2*1-2/h4-6,9-13,15-16,18H,7-8,14H2,1-3H3,(H,24,25,26);2*1-2H3. The summed E-state index contributed by atoms with van der Waals surface area (Å²) in [6.45, 7) is 12.3. The largest absolute Gasteiger partial charge is 0.497 e. The first-order chi connectivity index (χ1) is 15.1. The van der Waals surface area contributed by atoms with Crippen LogP contribution in [0, 0.1) is 6.92 Å². The molecular formula is C27H39N3O. The molecule has 2 aromatic carbocycles. The van der Waals surface area contributed by atoms with Crippen LogP contribution in [0.4, 0.5) is 0 Å². The minimum Gasteiger partial charge on any atom is -0.497 e. The highest BCUT2D eigenvalue weighted by atomic mass is 16.5. The van der Waals surface area contributed by atoms with E-state index in [1.54, 1.807) is 13.4 Å². The third-order valence-electron chi connectivity index (χ3n) is 4.65. The van der Waals surface area contributed by atoms with E-state index in [1.165, 1.54) is 11.1 Å². The molecule has 31 heavy (non-hydrogen) atoms. The average Bonchev–Trinajstić information content (AvgIpc) is 3.29. The van der Waals surface area contributed by atoms with Crippen LogP contribution in [0.25, 0.3) is 5.70 Å². The van der Waals surface area contributed by atoms with Crippen molar-refractivity contribution < 1.29 is 4.74 Å². The second-order valence-electron chi connectivity index (χ2n) is 6.89. The highest BCUT2D eigenvalue weighted by Crippen LogP contribution is 2.20. The fourth-order valence-electron chi connectivity index (χ4n) is 3.04. The molecule has 0 saturated carbocycles. The van der Waals surface area contributed by atoms with Gasteiger partial charge in [-0.3, -0.25) is 4.99 Å². The Morgan fingerprint density at radius 1 is 1.06 bits per heavy atom. The molecule has 4 heteroatoms. The third-order valence-corrected chi connectivity index (χ3v) is 4.65. The maximum atomic E-state index is 5.20. The summed E-state index contributed by atoms with van der Waals surface area (Å²) < 4.78 is 5.20. The number of aryl methyl sites for hydroxylation is 2. The fourth-order valence-corrected chi connectivity index (χ4v) is 3.04. The maximum Gasteiger partial charge on any atom is 0.118 e. The minimum atomic E-state index is 0.255. The van der Waals surface area contributed by atoms with Crippen molar-refractivity contribution in [2.24, 2.45) is 9.98 Å². The van der Waals surface area contributed by atoms with Crippen molar-refractivity contribution in [3.05, 3.63) is 71.3 Å². The highest BCUT2D eigenvalue weighted by molar-refractivity contribution is 6.00. The summed E-state index contributed by atoms with van der Waals surface area (Å²) in [4.78, 5) is 9.03. The van der Waals surface area contributed by atoms with E-state index in [0.717, 1.165) is 42.1 Å². The molecule has 0 bridgehead atoms. The van der Waals surface area contributed by atoms with Crippen molar-refractivity contribution in [2.45, 2.75) is 66.8 Å². The molecule has 0 saturated heterocycles. The SMILES string of the molecule is CC.CC.COc1ccc(C2=CCC(=NC=NC(C)CCc3cccc(C)c3)N2)cc1. The Bertz CT molecular complexity index is 851. The van der Waals surface area contributed by atoms with Gasteiger partial charge in [-0.2, -0.15) is 0 Å². The molecule has 2 aromatic rings. The Hall–Kier alpha value is -2.88. The maximum absolute atomic E-state index is 5.20. The number of nitrogens with zero attached hydrogens (tertiary/aromatic N) is 2. The topological polar surface area (TPSA) is 46.0 Å². The molecule has 0 radical (unpaired) electrons. The van der Waals surface area contributed by atoms with Crippen LogP contribution in [0.3, 0.4) is 0 Å². The summed E-state index contributed by atoms with van der Waals surface area (Å²) in [7, 11) is 1.67. The number of aliphatic imine (C=N–C) groups is 2. The Morgan fingerprint density at radius 2 is 1.77 bits per heavy atom. The van der Waals surface area contributed by atoms with Crippen LogP contribution in [0.5, 0.6) is 5.75 Å². The zero-order valence-corrected chi connectivity index (χ0v) is 20.3. The van der Waals surface area contributed by atoms with E-state index < -0.39 is 0 Å². The number of ether oxygens (including phenoxy) is 1. The molecule has 1 aliphatic heterocycles. The lowest BCUT2D eigenvalue weighted by Gasteiger charge is -2.07. The van der Waals surface area contributed by atoms with E-state index in [-0.39, 0.29) is 6.04 Å². The number of methoxy groups -OCH3 is 1. The molecule has 0 spiro atoms. The smallest absolute Gasteiger partial charge is 0.118 e. The molecule has 168 valence electrons. The van der Waals surface area contributed by atoms with Gasteiger partial charge in [-0.25, -0.2) is 4.99 Å². The van der Waals surface area contributed by atoms with E-state index in [0.29, 0.717) is 0 Å². The third kappa shape index (κ3) is 9.20. The molecule has 1 unspecified atom stereocenters. The van der Waals surface area contributed by atoms with Gasteiger partial charge < -0.3 is 10.1 Å². The Labute approximate surface area is 189 Å². The lowest BCUT2D eigenvalue weighted by atomic mass is 10.0. The van der Waals surface area contributed by atoms with Gasteiger partial charge in [-0.1, -0.05) is 63.6 Å². The molecule has 0 amide bonds. The number of benzene rings is 2. The normalized spacial score (nSPS) is 14.7. The number of rotatable bonds is 7. The summed E-state index contributed by atoms with van der Waals surface area (Å²) in [5.74, 6) is 1.79. The number of hydrogen-bond acceptors (Lipinski definition) is 2. The van der Waals surface area contributed by atoms with Gasteiger partial charge in [-0.15, -0.1) is 0 Å². The van der Waals surface area contributed by atoms with Gasteiger partial charge >= 0.3 is 0 Å². The molecule has 1 atom stereocenters. The van der Waals surface area contributed by atoms with Gasteiger partial charge in [0, 0.05) is 18.2 Å². The van der Waals surface area contributed by atoms with E-state index in [2.05, 4.69) is 59.5 Å². The van der Waals surface area contributed by atoms with Crippen LogP contribution in [-0.2, 0) is 6.42 Å².